The Morgan fingerprint density at radius 3 is 2.95 bits per heavy atom. The molecule has 1 saturated heterocycles. The zero-order chi connectivity index (χ0) is 14.7. The van der Waals surface area contributed by atoms with Gasteiger partial charge in [-0.1, -0.05) is 15.9 Å². The largest absolute Gasteiger partial charge is 0.495 e. The number of methoxy groups -OCH3 is 1. The van der Waals surface area contributed by atoms with Gasteiger partial charge in [-0.3, -0.25) is 0 Å². The molecule has 2 N–H and O–H groups in total. The van der Waals surface area contributed by atoms with Crippen molar-refractivity contribution < 1.29 is 14.6 Å². The fraction of sp³-hybridized carbons (Fsp3) is 0.500. The predicted octanol–water partition coefficient (Wildman–Crippen LogP) is 2.75. The van der Waals surface area contributed by atoms with Crippen molar-refractivity contribution in [2.24, 2.45) is 0 Å². The summed E-state index contributed by atoms with van der Waals surface area (Å²) in [4.78, 5) is 13.9. The summed E-state index contributed by atoms with van der Waals surface area (Å²) in [6.45, 7) is 2.96. The highest BCUT2D eigenvalue weighted by Crippen LogP contribution is 2.32. The van der Waals surface area contributed by atoms with Gasteiger partial charge in [0.15, 0.2) is 0 Å². The number of carbonyl (C=O) groups excluding carboxylic acids is 1. The van der Waals surface area contributed by atoms with Crippen LogP contribution in [0.5, 0.6) is 5.75 Å². The van der Waals surface area contributed by atoms with Crippen molar-refractivity contribution in [1.29, 1.82) is 0 Å². The number of piperidine rings is 1. The number of nitrogens with zero attached hydrogens (tertiary/aromatic N) is 1. The molecule has 110 valence electrons. The summed E-state index contributed by atoms with van der Waals surface area (Å²) in [5.74, 6) is 0.614. The van der Waals surface area contributed by atoms with Gasteiger partial charge in [-0.05, 0) is 37.5 Å². The van der Waals surface area contributed by atoms with Crippen molar-refractivity contribution in [3.8, 4) is 5.75 Å². The number of amides is 2. The maximum atomic E-state index is 12.3. The number of halogens is 1. The Morgan fingerprint density at radius 1 is 1.55 bits per heavy atom. The molecular weight excluding hydrogens is 324 g/mol. The van der Waals surface area contributed by atoms with Gasteiger partial charge in [-0.2, -0.15) is 0 Å². The summed E-state index contributed by atoms with van der Waals surface area (Å²) in [6, 6.07) is 3.53. The Kier molecular flexibility index (Phi) is 4.88. The molecule has 6 heteroatoms. The van der Waals surface area contributed by atoms with E-state index >= 15 is 0 Å². The van der Waals surface area contributed by atoms with E-state index in [0.29, 0.717) is 24.5 Å². The number of hydrogen-bond acceptors (Lipinski definition) is 3. The molecule has 0 aliphatic carbocycles. The van der Waals surface area contributed by atoms with E-state index in [1.54, 1.807) is 12.0 Å². The highest BCUT2D eigenvalue weighted by Gasteiger charge is 2.23. The molecule has 0 saturated carbocycles. The molecule has 1 fully saturated rings. The number of carbonyl (C=O) groups is 1. The lowest BCUT2D eigenvalue weighted by molar-refractivity contribution is 0.0883. The summed E-state index contributed by atoms with van der Waals surface area (Å²) in [5.41, 5.74) is 1.59. The van der Waals surface area contributed by atoms with Crippen LogP contribution in [0.15, 0.2) is 16.6 Å². The monoisotopic (exact) mass is 342 g/mol. The number of aryl methyl sites for hydroxylation is 1. The van der Waals surface area contributed by atoms with Crippen LogP contribution in [0.2, 0.25) is 0 Å². The number of anilines is 1. The van der Waals surface area contributed by atoms with Gasteiger partial charge in [0, 0.05) is 17.6 Å². The lowest BCUT2D eigenvalue weighted by Crippen LogP contribution is -2.44. The molecule has 0 radical (unpaired) electrons. The number of hydrogen-bond donors (Lipinski definition) is 2. The van der Waals surface area contributed by atoms with Crippen LogP contribution in [0, 0.1) is 6.92 Å². The molecule has 0 bridgehead atoms. The van der Waals surface area contributed by atoms with Crippen LogP contribution in [-0.2, 0) is 0 Å². The van der Waals surface area contributed by atoms with Gasteiger partial charge in [0.25, 0.3) is 0 Å². The predicted molar refractivity (Wildman–Crippen MR) is 81.3 cm³/mol. The highest BCUT2D eigenvalue weighted by atomic mass is 79.9. The number of nitrogens with one attached hydrogen (secondary N) is 1. The van der Waals surface area contributed by atoms with Gasteiger partial charge in [-0.25, -0.2) is 4.79 Å². The van der Waals surface area contributed by atoms with Gasteiger partial charge in [-0.15, -0.1) is 0 Å². The maximum absolute atomic E-state index is 12.3. The normalized spacial score (nSPS) is 18.8. The Balaban J connectivity index is 2.15. The van der Waals surface area contributed by atoms with Crippen LogP contribution in [-0.4, -0.2) is 42.3 Å². The fourth-order valence-corrected chi connectivity index (χ4v) is 2.91. The first-order valence-electron chi connectivity index (χ1n) is 6.59. The molecule has 20 heavy (non-hydrogen) atoms. The van der Waals surface area contributed by atoms with Gasteiger partial charge in [0.1, 0.15) is 5.75 Å². The molecule has 1 aliphatic rings. The second-order valence-corrected chi connectivity index (χ2v) is 5.89. The number of ether oxygens (including phenoxy) is 1. The lowest BCUT2D eigenvalue weighted by atomic mass is 10.1. The second kappa shape index (κ2) is 6.45. The molecular formula is C14H19BrN2O3. The molecule has 2 amide bonds. The number of rotatable bonds is 2. The van der Waals surface area contributed by atoms with Crippen LogP contribution in [0.25, 0.3) is 0 Å². The summed E-state index contributed by atoms with van der Waals surface area (Å²) in [7, 11) is 1.57. The van der Waals surface area contributed by atoms with Crippen molar-refractivity contribution in [1.82, 2.24) is 4.90 Å². The zero-order valence-corrected chi connectivity index (χ0v) is 13.2. The molecule has 2 rings (SSSR count). The van der Waals surface area contributed by atoms with E-state index in [0.717, 1.165) is 22.9 Å². The Bertz CT molecular complexity index is 507. The number of β-amino-alcohol motifs (C(OH)–C–C–N with tert-alkyl or cyclic N) is 1. The quantitative estimate of drug-likeness (QED) is 0.868. The molecule has 0 aromatic heterocycles. The third kappa shape index (κ3) is 3.43. The maximum Gasteiger partial charge on any atom is 0.322 e. The van der Waals surface area contributed by atoms with E-state index < -0.39 is 6.10 Å². The second-order valence-electron chi connectivity index (χ2n) is 4.97. The number of urea groups is 1. The Morgan fingerprint density at radius 2 is 2.30 bits per heavy atom. The van der Waals surface area contributed by atoms with Crippen molar-refractivity contribution >= 4 is 27.6 Å². The van der Waals surface area contributed by atoms with Gasteiger partial charge < -0.3 is 20.1 Å². The minimum atomic E-state index is -0.428. The Labute approximate surface area is 127 Å². The van der Waals surface area contributed by atoms with Gasteiger partial charge in [0.2, 0.25) is 0 Å². The topological polar surface area (TPSA) is 61.8 Å². The van der Waals surface area contributed by atoms with Crippen molar-refractivity contribution in [2.45, 2.75) is 25.9 Å². The number of likely N-dealkylation sites (tertiary alicyclic amines) is 1. The van der Waals surface area contributed by atoms with E-state index in [1.165, 1.54) is 0 Å². The molecule has 0 spiro atoms. The SMILES string of the molecule is COc1cc(Br)cc(C)c1NC(=O)N1CCCC(O)C1. The smallest absolute Gasteiger partial charge is 0.322 e. The van der Waals surface area contributed by atoms with Gasteiger partial charge >= 0.3 is 6.03 Å². The lowest BCUT2D eigenvalue weighted by Gasteiger charge is -2.30. The number of aliphatic hydroxyl groups is 1. The summed E-state index contributed by atoms with van der Waals surface area (Å²) < 4.78 is 6.20. The minimum absolute atomic E-state index is 0.201. The van der Waals surface area contributed by atoms with E-state index in [2.05, 4.69) is 21.2 Å². The van der Waals surface area contributed by atoms with Gasteiger partial charge in [0.05, 0.1) is 18.9 Å². The van der Waals surface area contributed by atoms with Crippen molar-refractivity contribution in [2.75, 3.05) is 25.5 Å². The van der Waals surface area contributed by atoms with Crippen LogP contribution in [0.4, 0.5) is 10.5 Å². The molecule has 5 nitrogen and oxygen atoms in total. The fourth-order valence-electron chi connectivity index (χ4n) is 2.36. The number of benzene rings is 1. The Hall–Kier alpha value is -1.27. The van der Waals surface area contributed by atoms with E-state index in [-0.39, 0.29) is 6.03 Å². The number of aliphatic hydroxyl groups excluding tert-OH is 1. The molecule has 1 unspecified atom stereocenters. The molecule has 1 aromatic carbocycles. The van der Waals surface area contributed by atoms with Crippen LogP contribution in [0.3, 0.4) is 0 Å². The van der Waals surface area contributed by atoms with Crippen LogP contribution >= 0.6 is 15.9 Å². The van der Waals surface area contributed by atoms with Crippen molar-refractivity contribution in [3.63, 3.8) is 0 Å². The van der Waals surface area contributed by atoms with Crippen LogP contribution in [0.1, 0.15) is 18.4 Å². The molecule has 1 aromatic rings. The summed E-state index contributed by atoms with van der Waals surface area (Å²) >= 11 is 3.40. The molecule has 1 aliphatic heterocycles. The molecule has 1 atom stereocenters. The zero-order valence-electron chi connectivity index (χ0n) is 11.6. The van der Waals surface area contributed by atoms with Crippen LogP contribution < -0.4 is 10.1 Å². The average Bonchev–Trinajstić information content (AvgIpc) is 2.41. The summed E-state index contributed by atoms with van der Waals surface area (Å²) in [6.07, 6.45) is 1.15. The highest BCUT2D eigenvalue weighted by molar-refractivity contribution is 9.10. The van der Waals surface area contributed by atoms with E-state index in [4.69, 9.17) is 4.74 Å². The van der Waals surface area contributed by atoms with Crippen molar-refractivity contribution in [3.05, 3.63) is 22.2 Å². The average molecular weight is 343 g/mol. The first-order valence-corrected chi connectivity index (χ1v) is 7.38. The summed E-state index contributed by atoms with van der Waals surface area (Å²) in [5, 5.41) is 12.5. The van der Waals surface area contributed by atoms with E-state index in [1.807, 2.05) is 19.1 Å². The minimum Gasteiger partial charge on any atom is -0.495 e. The standard InChI is InChI=1S/C14H19BrN2O3/c1-9-6-10(15)7-12(20-2)13(9)16-14(19)17-5-3-4-11(18)8-17/h6-7,11,18H,3-5,8H2,1-2H3,(H,16,19). The first kappa shape index (κ1) is 15.1. The third-order valence-corrected chi connectivity index (χ3v) is 3.86. The first-order chi connectivity index (χ1) is 9.51. The van der Waals surface area contributed by atoms with E-state index in [9.17, 15) is 9.90 Å². The molecule has 1 heterocycles. The third-order valence-electron chi connectivity index (χ3n) is 3.40.